The van der Waals surface area contributed by atoms with Gasteiger partial charge in [0, 0.05) is 11.2 Å². The van der Waals surface area contributed by atoms with Crippen LogP contribution in [0.15, 0.2) is 30.3 Å². The first-order valence-corrected chi connectivity index (χ1v) is 9.34. The Kier molecular flexibility index (Phi) is 4.17. The van der Waals surface area contributed by atoms with Crippen LogP contribution in [-0.2, 0) is 8.98 Å². The molecule has 1 N–H and O–H groups in total. The van der Waals surface area contributed by atoms with Crippen molar-refractivity contribution in [3.05, 3.63) is 35.9 Å². The Labute approximate surface area is 123 Å². The van der Waals surface area contributed by atoms with Gasteiger partial charge in [0.15, 0.2) is 6.10 Å². The Morgan fingerprint density at radius 3 is 2.35 bits per heavy atom. The maximum atomic E-state index is 12.1. The standard InChI is InChI=1S/C16H25NO2S/c1-16(2,3)20(4,5)19-14-11-13(17-15(14)18)12-9-7-6-8-10-12/h6-10,13-14H,11H2,1-5H3,(H,17,18)/t13-,14+/m0/s1. The zero-order chi connectivity index (χ0) is 15.0. The number of hydrogen-bond donors (Lipinski definition) is 1. The summed E-state index contributed by atoms with van der Waals surface area (Å²) in [5.74, 6) is 0.0173. The Bertz CT molecular complexity index is 479. The number of nitrogens with one attached hydrogen (secondary N) is 1. The quantitative estimate of drug-likeness (QED) is 0.928. The van der Waals surface area contributed by atoms with Crippen molar-refractivity contribution in [3.63, 3.8) is 0 Å². The fourth-order valence-corrected chi connectivity index (χ4v) is 3.10. The molecule has 0 saturated carbocycles. The molecule has 2 atom stereocenters. The van der Waals surface area contributed by atoms with E-state index in [9.17, 15) is 4.79 Å². The second-order valence-corrected chi connectivity index (χ2v) is 10.5. The highest BCUT2D eigenvalue weighted by atomic mass is 32.3. The SMILES string of the molecule is CC(C)(C)S(C)(C)O[C@@H]1C[C@@H](c2ccccc2)NC1=O. The Morgan fingerprint density at radius 2 is 1.80 bits per heavy atom. The van der Waals surface area contributed by atoms with Gasteiger partial charge < -0.3 is 9.50 Å². The Balaban J connectivity index is 2.07. The molecule has 1 aliphatic rings. The van der Waals surface area contributed by atoms with Crippen LogP contribution in [0.4, 0.5) is 0 Å². The zero-order valence-corrected chi connectivity index (χ0v) is 13.8. The molecule has 1 amide bonds. The van der Waals surface area contributed by atoms with Gasteiger partial charge in [0.25, 0.3) is 5.91 Å². The van der Waals surface area contributed by atoms with Gasteiger partial charge in [-0.3, -0.25) is 4.79 Å². The molecule has 2 rings (SSSR count). The molecule has 1 heterocycles. The van der Waals surface area contributed by atoms with Gasteiger partial charge in [-0.25, -0.2) is 0 Å². The molecule has 0 unspecified atom stereocenters. The van der Waals surface area contributed by atoms with Crippen LogP contribution < -0.4 is 5.32 Å². The summed E-state index contributed by atoms with van der Waals surface area (Å²) in [6.45, 7) is 6.51. The molecular formula is C16H25NO2S. The van der Waals surface area contributed by atoms with Crippen molar-refractivity contribution in [2.24, 2.45) is 0 Å². The molecule has 4 heteroatoms. The largest absolute Gasteiger partial charge is 0.347 e. The summed E-state index contributed by atoms with van der Waals surface area (Å²) in [6.07, 6.45) is 4.66. The first-order chi connectivity index (χ1) is 9.21. The van der Waals surface area contributed by atoms with E-state index in [2.05, 4.69) is 50.7 Å². The first kappa shape index (κ1) is 15.4. The maximum Gasteiger partial charge on any atom is 0.250 e. The molecule has 1 fully saturated rings. The number of benzene rings is 1. The van der Waals surface area contributed by atoms with Gasteiger partial charge in [-0.1, -0.05) is 51.1 Å². The summed E-state index contributed by atoms with van der Waals surface area (Å²) in [7, 11) is -1.28. The molecule has 1 saturated heterocycles. The van der Waals surface area contributed by atoms with Gasteiger partial charge in [-0.05, 0) is 18.1 Å². The number of amides is 1. The molecule has 0 spiro atoms. The highest BCUT2D eigenvalue weighted by molar-refractivity contribution is 8.29. The van der Waals surface area contributed by atoms with Crippen LogP contribution in [0.5, 0.6) is 0 Å². The normalized spacial score (nSPS) is 24.6. The predicted octanol–water partition coefficient (Wildman–Crippen LogP) is 3.41. The van der Waals surface area contributed by atoms with Crippen LogP contribution >= 0.6 is 10.3 Å². The van der Waals surface area contributed by atoms with E-state index in [1.807, 2.05) is 18.2 Å². The lowest BCUT2D eigenvalue weighted by molar-refractivity contribution is -0.124. The van der Waals surface area contributed by atoms with Gasteiger partial charge in [0.05, 0.1) is 6.04 Å². The lowest BCUT2D eigenvalue weighted by atomic mass is 10.1. The monoisotopic (exact) mass is 295 g/mol. The van der Waals surface area contributed by atoms with Gasteiger partial charge in [0.2, 0.25) is 0 Å². The van der Waals surface area contributed by atoms with Crippen molar-refractivity contribution in [2.45, 2.75) is 44.1 Å². The summed E-state index contributed by atoms with van der Waals surface area (Å²) < 4.78 is 6.27. The van der Waals surface area contributed by atoms with Crippen LogP contribution in [0.3, 0.4) is 0 Å². The minimum absolute atomic E-state index is 0.0173. The van der Waals surface area contributed by atoms with Gasteiger partial charge >= 0.3 is 0 Å². The lowest BCUT2D eigenvalue weighted by Gasteiger charge is -2.44. The molecule has 1 aromatic carbocycles. The smallest absolute Gasteiger partial charge is 0.250 e. The molecule has 0 aromatic heterocycles. The van der Waals surface area contributed by atoms with Crippen molar-refractivity contribution in [1.82, 2.24) is 5.32 Å². The summed E-state index contributed by atoms with van der Waals surface area (Å²) in [4.78, 5) is 12.1. The highest BCUT2D eigenvalue weighted by Gasteiger charge is 2.39. The van der Waals surface area contributed by atoms with E-state index in [0.717, 1.165) is 12.0 Å². The van der Waals surface area contributed by atoms with E-state index in [4.69, 9.17) is 4.18 Å². The lowest BCUT2D eigenvalue weighted by Crippen LogP contribution is -2.32. The Hall–Kier alpha value is -1.00. The van der Waals surface area contributed by atoms with Gasteiger partial charge in [-0.2, -0.15) is 0 Å². The predicted molar refractivity (Wildman–Crippen MR) is 86.0 cm³/mol. The minimum Gasteiger partial charge on any atom is -0.347 e. The first-order valence-electron chi connectivity index (χ1n) is 6.97. The summed E-state index contributed by atoms with van der Waals surface area (Å²) in [6, 6.07) is 10.2. The maximum absolute atomic E-state index is 12.1. The number of carbonyl (C=O) groups excluding carboxylic acids is 1. The molecule has 112 valence electrons. The average molecular weight is 295 g/mol. The van der Waals surface area contributed by atoms with Crippen LogP contribution in [0, 0.1) is 0 Å². The molecule has 20 heavy (non-hydrogen) atoms. The molecule has 1 aromatic rings. The second-order valence-electron chi connectivity index (χ2n) is 6.64. The molecule has 0 radical (unpaired) electrons. The summed E-state index contributed by atoms with van der Waals surface area (Å²) in [5.41, 5.74) is 1.15. The topological polar surface area (TPSA) is 38.3 Å². The average Bonchev–Trinajstić information content (AvgIpc) is 2.70. The van der Waals surface area contributed by atoms with Crippen molar-refractivity contribution in [2.75, 3.05) is 12.5 Å². The van der Waals surface area contributed by atoms with Crippen molar-refractivity contribution in [3.8, 4) is 0 Å². The third-order valence-electron chi connectivity index (χ3n) is 4.09. The van der Waals surface area contributed by atoms with E-state index < -0.39 is 10.3 Å². The Morgan fingerprint density at radius 1 is 1.20 bits per heavy atom. The third-order valence-corrected chi connectivity index (χ3v) is 7.76. The molecule has 3 nitrogen and oxygen atoms in total. The fourth-order valence-electron chi connectivity index (χ4n) is 2.07. The fraction of sp³-hybridized carbons (Fsp3) is 0.562. The third kappa shape index (κ3) is 3.18. The molecule has 0 bridgehead atoms. The number of rotatable bonds is 3. The van der Waals surface area contributed by atoms with E-state index in [1.54, 1.807) is 0 Å². The van der Waals surface area contributed by atoms with Crippen LogP contribution in [-0.4, -0.2) is 29.3 Å². The molecular weight excluding hydrogens is 270 g/mol. The van der Waals surface area contributed by atoms with Crippen molar-refractivity contribution in [1.29, 1.82) is 0 Å². The molecule has 1 aliphatic heterocycles. The summed E-state index contributed by atoms with van der Waals surface area (Å²) >= 11 is 0. The van der Waals surface area contributed by atoms with Crippen LogP contribution in [0.2, 0.25) is 0 Å². The van der Waals surface area contributed by atoms with E-state index >= 15 is 0 Å². The zero-order valence-electron chi connectivity index (χ0n) is 13.0. The van der Waals surface area contributed by atoms with Crippen molar-refractivity contribution < 1.29 is 8.98 Å². The van der Waals surface area contributed by atoms with E-state index in [1.165, 1.54) is 0 Å². The van der Waals surface area contributed by atoms with Crippen molar-refractivity contribution >= 4 is 16.2 Å². The summed E-state index contributed by atoms with van der Waals surface area (Å²) in [5, 5.41) is 3.04. The van der Waals surface area contributed by atoms with Gasteiger partial charge in [-0.15, -0.1) is 10.3 Å². The number of hydrogen-bond acceptors (Lipinski definition) is 2. The van der Waals surface area contributed by atoms with Gasteiger partial charge in [0.1, 0.15) is 0 Å². The van der Waals surface area contributed by atoms with E-state index in [0.29, 0.717) is 0 Å². The van der Waals surface area contributed by atoms with Crippen LogP contribution in [0.1, 0.15) is 38.8 Å². The van der Waals surface area contributed by atoms with Crippen LogP contribution in [0.25, 0.3) is 0 Å². The highest BCUT2D eigenvalue weighted by Crippen LogP contribution is 2.55. The minimum atomic E-state index is -1.28. The second kappa shape index (κ2) is 5.41. The number of carbonyl (C=O) groups is 1. The van der Waals surface area contributed by atoms with E-state index in [-0.39, 0.29) is 22.8 Å². The molecule has 0 aliphatic carbocycles.